The van der Waals surface area contributed by atoms with Gasteiger partial charge in [-0.2, -0.15) is 0 Å². The van der Waals surface area contributed by atoms with E-state index in [1.807, 2.05) is 20.8 Å². The lowest BCUT2D eigenvalue weighted by Crippen LogP contribution is -2.75. The van der Waals surface area contributed by atoms with Gasteiger partial charge >= 0.3 is 5.97 Å². The Kier molecular flexibility index (Phi) is 7.23. The number of carbonyl (C=O) groups is 1. The second kappa shape index (κ2) is 10.4. The summed E-state index contributed by atoms with van der Waals surface area (Å²) in [5, 5.41) is 3.44. The standard InChI is InChI=1S/C34H48N3O4/c1-32(2,3)41-31(38)29-26-14-10-15-27-28(26)34(6,40-22-33(27,4)5)37(29)20-25(21-37)39-19-9-7-8-13-24-17-16-23-12-11-18-35-30(23)36-24/h10,14-17,25,29H,7-9,11-13,18-22H2,1-6H3,(H,35,36)/q+1. The molecular weight excluding hydrogens is 514 g/mol. The summed E-state index contributed by atoms with van der Waals surface area (Å²) in [4.78, 5) is 18.7. The molecule has 2 atom stereocenters. The van der Waals surface area contributed by atoms with Crippen LogP contribution in [0.2, 0.25) is 0 Å². The van der Waals surface area contributed by atoms with Gasteiger partial charge in [0.25, 0.3) is 0 Å². The number of nitrogens with one attached hydrogen (secondary N) is 1. The first-order valence-corrected chi connectivity index (χ1v) is 15.7. The quantitative estimate of drug-likeness (QED) is 0.244. The van der Waals surface area contributed by atoms with Gasteiger partial charge in [0.15, 0.2) is 6.10 Å². The molecule has 1 aromatic heterocycles. The molecule has 222 valence electrons. The average molecular weight is 563 g/mol. The number of aromatic nitrogens is 1. The van der Waals surface area contributed by atoms with E-state index in [4.69, 9.17) is 19.2 Å². The Labute approximate surface area is 245 Å². The first-order chi connectivity index (χ1) is 19.4. The lowest BCUT2D eigenvalue weighted by molar-refractivity contribution is -1.06. The summed E-state index contributed by atoms with van der Waals surface area (Å²) in [6.45, 7) is 16.4. The molecule has 1 spiro atoms. The number of nitrogens with zero attached hydrogens (tertiary/aromatic N) is 2. The van der Waals surface area contributed by atoms with Crippen LogP contribution < -0.4 is 5.32 Å². The van der Waals surface area contributed by atoms with Crippen LogP contribution in [-0.2, 0) is 43.0 Å². The van der Waals surface area contributed by atoms with Gasteiger partial charge in [-0.05, 0) is 70.1 Å². The number of unbranched alkanes of at least 4 members (excludes halogenated alkanes) is 2. The number of rotatable bonds is 8. The molecule has 41 heavy (non-hydrogen) atoms. The van der Waals surface area contributed by atoms with Crippen molar-refractivity contribution in [1.82, 2.24) is 4.98 Å². The zero-order valence-electron chi connectivity index (χ0n) is 25.8. The van der Waals surface area contributed by atoms with E-state index in [-0.39, 0.29) is 17.5 Å². The lowest BCUT2D eigenvalue weighted by Gasteiger charge is -2.59. The first kappa shape index (κ1) is 28.6. The van der Waals surface area contributed by atoms with E-state index in [1.165, 1.54) is 28.8 Å². The minimum Gasteiger partial charge on any atom is -0.455 e. The van der Waals surface area contributed by atoms with Crippen LogP contribution in [0.1, 0.15) is 101 Å². The number of hydrogen-bond acceptors (Lipinski definition) is 6. The normalized spacial score (nSPS) is 29.3. The van der Waals surface area contributed by atoms with E-state index in [0.29, 0.717) is 11.1 Å². The van der Waals surface area contributed by atoms with Crippen LogP contribution in [0.5, 0.6) is 0 Å². The van der Waals surface area contributed by atoms with Gasteiger partial charge in [-0.3, -0.25) is 4.48 Å². The van der Waals surface area contributed by atoms with Crippen LogP contribution in [0.25, 0.3) is 0 Å². The Morgan fingerprint density at radius 1 is 1.12 bits per heavy atom. The van der Waals surface area contributed by atoms with Crippen molar-refractivity contribution in [3.05, 3.63) is 58.3 Å². The number of carbonyl (C=O) groups excluding carboxylic acids is 1. The molecule has 2 unspecified atom stereocenters. The summed E-state index contributed by atoms with van der Waals surface area (Å²) in [6, 6.07) is 10.5. The average Bonchev–Trinajstić information content (AvgIpc) is 3.13. The van der Waals surface area contributed by atoms with E-state index >= 15 is 0 Å². The molecule has 6 rings (SSSR count). The fraction of sp³-hybridized carbons (Fsp3) is 0.647. The third-order valence-electron chi connectivity index (χ3n) is 9.71. The summed E-state index contributed by atoms with van der Waals surface area (Å²) in [5.74, 6) is 0.923. The molecule has 0 saturated carbocycles. The summed E-state index contributed by atoms with van der Waals surface area (Å²) < 4.78 is 19.7. The highest BCUT2D eigenvalue weighted by Gasteiger charge is 2.72. The number of anilines is 1. The summed E-state index contributed by atoms with van der Waals surface area (Å²) in [7, 11) is 0. The van der Waals surface area contributed by atoms with Gasteiger partial charge in [0.2, 0.25) is 11.8 Å². The molecule has 0 bridgehead atoms. The molecule has 4 aliphatic rings. The molecule has 7 heteroatoms. The number of quaternary nitrogens is 1. The van der Waals surface area contributed by atoms with Gasteiger partial charge in [0, 0.05) is 36.7 Å². The second-order valence-corrected chi connectivity index (χ2v) is 14.4. The predicted molar refractivity (Wildman–Crippen MR) is 160 cm³/mol. The first-order valence-electron chi connectivity index (χ1n) is 15.7. The Morgan fingerprint density at radius 3 is 2.71 bits per heavy atom. The van der Waals surface area contributed by atoms with Crippen LogP contribution in [0.3, 0.4) is 0 Å². The maximum absolute atomic E-state index is 13.8. The number of pyridine rings is 1. The SMILES string of the molecule is CC(C)(C)OC(=O)C1c2cccc3c2C(C)(OCC3(C)C)[N+]12CC(OCCCCCc1ccc3c(n1)NCCC3)C2. The van der Waals surface area contributed by atoms with Gasteiger partial charge in [-0.15, -0.1) is 0 Å². The number of fused-ring (bicyclic) bond motifs is 2. The molecule has 2 aromatic rings. The van der Waals surface area contributed by atoms with Crippen molar-refractivity contribution in [1.29, 1.82) is 0 Å². The molecule has 5 heterocycles. The molecular formula is C34H48N3O4+. The molecule has 0 radical (unpaired) electrons. The third-order valence-corrected chi connectivity index (χ3v) is 9.71. The van der Waals surface area contributed by atoms with Gasteiger partial charge in [0.1, 0.15) is 24.5 Å². The van der Waals surface area contributed by atoms with Crippen molar-refractivity contribution in [3.8, 4) is 0 Å². The van der Waals surface area contributed by atoms with E-state index in [9.17, 15) is 4.79 Å². The van der Waals surface area contributed by atoms with Crippen LogP contribution >= 0.6 is 0 Å². The lowest BCUT2D eigenvalue weighted by atomic mass is 9.76. The van der Waals surface area contributed by atoms with Gasteiger partial charge in [-0.25, -0.2) is 9.78 Å². The van der Waals surface area contributed by atoms with Crippen LogP contribution in [0.4, 0.5) is 5.82 Å². The van der Waals surface area contributed by atoms with Crippen LogP contribution in [0, 0.1) is 0 Å². The molecule has 0 aliphatic carbocycles. The Hall–Kier alpha value is -2.48. The Morgan fingerprint density at radius 2 is 1.93 bits per heavy atom. The van der Waals surface area contributed by atoms with Crippen LogP contribution in [-0.4, -0.2) is 60.0 Å². The smallest absolute Gasteiger partial charge is 0.370 e. The summed E-state index contributed by atoms with van der Waals surface area (Å²) >= 11 is 0. The number of benzene rings is 1. The molecule has 1 aromatic carbocycles. The number of aryl methyl sites for hydroxylation is 2. The fourth-order valence-electron chi connectivity index (χ4n) is 7.58. The molecule has 7 nitrogen and oxygen atoms in total. The van der Waals surface area contributed by atoms with Crippen molar-refractivity contribution in [2.45, 2.75) is 109 Å². The zero-order valence-corrected chi connectivity index (χ0v) is 25.8. The van der Waals surface area contributed by atoms with Gasteiger partial charge in [0.05, 0.1) is 12.2 Å². The minimum absolute atomic E-state index is 0.108. The van der Waals surface area contributed by atoms with Crippen molar-refractivity contribution >= 4 is 11.8 Å². The number of esters is 1. The molecule has 4 aliphatic heterocycles. The zero-order chi connectivity index (χ0) is 29.0. The van der Waals surface area contributed by atoms with E-state index in [0.717, 1.165) is 69.7 Å². The second-order valence-electron chi connectivity index (χ2n) is 14.4. The predicted octanol–water partition coefficient (Wildman–Crippen LogP) is 5.95. The summed E-state index contributed by atoms with van der Waals surface area (Å²) in [6.07, 6.45) is 6.69. The maximum atomic E-state index is 13.8. The van der Waals surface area contributed by atoms with E-state index in [2.05, 4.69) is 56.4 Å². The Balaban J connectivity index is 1.09. The van der Waals surface area contributed by atoms with Crippen molar-refractivity contribution in [2.75, 3.05) is 38.2 Å². The molecule has 1 saturated heterocycles. The largest absolute Gasteiger partial charge is 0.455 e. The number of ether oxygens (including phenoxy) is 3. The monoisotopic (exact) mass is 562 g/mol. The Bertz CT molecular complexity index is 1310. The van der Waals surface area contributed by atoms with Gasteiger partial charge < -0.3 is 19.5 Å². The van der Waals surface area contributed by atoms with Crippen molar-refractivity contribution in [3.63, 3.8) is 0 Å². The third kappa shape index (κ3) is 4.98. The van der Waals surface area contributed by atoms with E-state index < -0.39 is 17.4 Å². The molecule has 1 fully saturated rings. The van der Waals surface area contributed by atoms with Crippen LogP contribution in [0.15, 0.2) is 30.3 Å². The highest BCUT2D eigenvalue weighted by Crippen LogP contribution is 2.61. The van der Waals surface area contributed by atoms with Crippen molar-refractivity contribution in [2.24, 2.45) is 0 Å². The van der Waals surface area contributed by atoms with Gasteiger partial charge in [-0.1, -0.05) is 44.5 Å². The van der Waals surface area contributed by atoms with Crippen molar-refractivity contribution < 1.29 is 23.5 Å². The molecule has 1 N–H and O–H groups in total. The fourth-order valence-corrected chi connectivity index (χ4v) is 7.58. The highest BCUT2D eigenvalue weighted by atomic mass is 16.6. The summed E-state index contributed by atoms with van der Waals surface area (Å²) in [5.41, 5.74) is 4.83. The maximum Gasteiger partial charge on any atom is 0.370 e. The highest BCUT2D eigenvalue weighted by molar-refractivity contribution is 5.79. The minimum atomic E-state index is -0.584. The topological polar surface area (TPSA) is 69.7 Å². The van der Waals surface area contributed by atoms with E-state index in [1.54, 1.807) is 0 Å². The molecule has 0 amide bonds. The number of hydrogen-bond donors (Lipinski definition) is 1.